The number of rotatable bonds is 0. The topological polar surface area (TPSA) is 77.0 Å². The number of benzene rings is 1. The summed E-state index contributed by atoms with van der Waals surface area (Å²) >= 11 is 0. The van der Waals surface area contributed by atoms with Crippen molar-refractivity contribution in [3.8, 4) is 5.75 Å². The third-order valence-corrected chi connectivity index (χ3v) is 2.01. The van der Waals surface area contributed by atoms with Crippen molar-refractivity contribution >= 4 is 5.91 Å². The molecule has 1 aromatic carbocycles. The molecule has 0 spiro atoms. The van der Waals surface area contributed by atoms with Crippen LogP contribution in [0.2, 0.25) is 0 Å². The molecule has 2 aromatic rings. The number of para-hydroxylation sites is 1. The van der Waals surface area contributed by atoms with Crippen LogP contribution in [0.3, 0.4) is 0 Å². The Kier molecular flexibility index (Phi) is 3.59. The standard InChI is InChI=1S/C8H7NO2.C3H3N3/c10-8-5-6-3-1-2-4-7(6)11-9-8;1-2-4-6-5-3-1/h1-4H,5H2,(H,9,10);1-3H. The van der Waals surface area contributed by atoms with Crippen molar-refractivity contribution in [3.05, 3.63) is 48.3 Å². The Balaban J connectivity index is 0.000000153. The lowest BCUT2D eigenvalue weighted by molar-refractivity contribution is -0.128. The zero-order chi connectivity index (χ0) is 11.9. The molecule has 6 nitrogen and oxygen atoms in total. The molecule has 1 aliphatic rings. The molecule has 0 aliphatic carbocycles. The van der Waals surface area contributed by atoms with E-state index in [1.807, 2.05) is 24.3 Å². The maximum absolute atomic E-state index is 10.8. The molecule has 86 valence electrons. The Morgan fingerprint density at radius 1 is 1.12 bits per heavy atom. The van der Waals surface area contributed by atoms with E-state index in [-0.39, 0.29) is 5.91 Å². The largest absolute Gasteiger partial charge is 0.379 e. The van der Waals surface area contributed by atoms with Crippen LogP contribution < -0.4 is 10.3 Å². The fourth-order valence-electron chi connectivity index (χ4n) is 1.28. The predicted molar refractivity (Wildman–Crippen MR) is 58.7 cm³/mol. The number of aromatic nitrogens is 3. The molecular formula is C11H10N4O2. The van der Waals surface area contributed by atoms with Gasteiger partial charge in [0.05, 0.1) is 18.8 Å². The average Bonchev–Trinajstić information content (AvgIpc) is 2.41. The fourth-order valence-corrected chi connectivity index (χ4v) is 1.28. The molecule has 3 rings (SSSR count). The third kappa shape index (κ3) is 3.23. The van der Waals surface area contributed by atoms with Gasteiger partial charge >= 0.3 is 0 Å². The Bertz CT molecular complexity index is 463. The third-order valence-electron chi connectivity index (χ3n) is 2.01. The summed E-state index contributed by atoms with van der Waals surface area (Å²) in [5.74, 6) is 0.649. The van der Waals surface area contributed by atoms with Gasteiger partial charge in [-0.05, 0) is 17.3 Å². The number of carbonyl (C=O) groups excluding carboxylic acids is 1. The fraction of sp³-hybridized carbons (Fsp3) is 0.0909. The van der Waals surface area contributed by atoms with Crippen LogP contribution in [0.4, 0.5) is 0 Å². The first-order valence-corrected chi connectivity index (χ1v) is 4.98. The van der Waals surface area contributed by atoms with E-state index in [1.165, 1.54) is 0 Å². The molecule has 0 radical (unpaired) electrons. The van der Waals surface area contributed by atoms with E-state index in [0.717, 1.165) is 11.3 Å². The Hall–Kier alpha value is -2.50. The summed E-state index contributed by atoms with van der Waals surface area (Å²) in [5.41, 5.74) is 3.24. The summed E-state index contributed by atoms with van der Waals surface area (Å²) in [4.78, 5) is 15.7. The number of nitrogens with zero attached hydrogens (tertiary/aromatic N) is 3. The highest BCUT2D eigenvalue weighted by Gasteiger charge is 2.14. The Morgan fingerprint density at radius 2 is 1.88 bits per heavy atom. The summed E-state index contributed by atoms with van der Waals surface area (Å²) in [7, 11) is 0. The summed E-state index contributed by atoms with van der Waals surface area (Å²) in [5, 5.41) is 10.1. The van der Waals surface area contributed by atoms with Crippen LogP contribution in [0.15, 0.2) is 42.7 Å². The molecule has 1 aliphatic heterocycles. The van der Waals surface area contributed by atoms with Crippen molar-refractivity contribution in [1.29, 1.82) is 0 Å². The van der Waals surface area contributed by atoms with Gasteiger partial charge in [-0.2, -0.15) is 5.48 Å². The minimum Gasteiger partial charge on any atom is -0.379 e. The molecule has 1 amide bonds. The second-order valence-electron chi connectivity index (χ2n) is 3.22. The predicted octanol–water partition coefficient (Wildman–Crippen LogP) is 0.524. The summed E-state index contributed by atoms with van der Waals surface area (Å²) < 4.78 is 0. The zero-order valence-corrected chi connectivity index (χ0v) is 8.91. The van der Waals surface area contributed by atoms with Crippen molar-refractivity contribution in [2.75, 3.05) is 0 Å². The normalized spacial score (nSPS) is 12.4. The Labute approximate surface area is 97.6 Å². The number of fused-ring (bicyclic) bond motifs is 1. The molecule has 6 heteroatoms. The highest BCUT2D eigenvalue weighted by atomic mass is 16.7. The van der Waals surface area contributed by atoms with Crippen LogP contribution in [0.1, 0.15) is 5.56 Å². The Morgan fingerprint density at radius 3 is 2.53 bits per heavy atom. The van der Waals surface area contributed by atoms with Gasteiger partial charge in [-0.3, -0.25) is 4.79 Å². The minimum atomic E-state index is -0.0938. The highest BCUT2D eigenvalue weighted by Crippen LogP contribution is 2.19. The summed E-state index contributed by atoms with van der Waals surface area (Å²) in [6.45, 7) is 0. The van der Waals surface area contributed by atoms with Crippen molar-refractivity contribution < 1.29 is 9.63 Å². The zero-order valence-electron chi connectivity index (χ0n) is 8.91. The number of hydrogen-bond donors (Lipinski definition) is 1. The number of nitrogens with one attached hydrogen (secondary N) is 1. The SMILES string of the molecule is O=C1Cc2ccccc2ON1.c1cnnnc1. The van der Waals surface area contributed by atoms with Gasteiger partial charge in [0.15, 0.2) is 5.75 Å². The van der Waals surface area contributed by atoms with Gasteiger partial charge in [0.2, 0.25) is 0 Å². The van der Waals surface area contributed by atoms with Crippen LogP contribution in [-0.4, -0.2) is 21.3 Å². The maximum atomic E-state index is 10.8. The van der Waals surface area contributed by atoms with E-state index in [2.05, 4.69) is 20.9 Å². The van der Waals surface area contributed by atoms with E-state index in [4.69, 9.17) is 4.84 Å². The van der Waals surface area contributed by atoms with E-state index in [1.54, 1.807) is 18.5 Å². The summed E-state index contributed by atoms with van der Waals surface area (Å²) in [6, 6.07) is 9.19. The number of carbonyl (C=O) groups is 1. The molecule has 0 atom stereocenters. The minimum absolute atomic E-state index is 0.0938. The van der Waals surface area contributed by atoms with Crippen LogP contribution in [0.5, 0.6) is 5.75 Å². The summed E-state index contributed by atoms with van der Waals surface area (Å²) in [6.07, 6.45) is 3.57. The molecule has 0 saturated heterocycles. The molecule has 0 bridgehead atoms. The lowest BCUT2D eigenvalue weighted by Crippen LogP contribution is -2.32. The van der Waals surface area contributed by atoms with Crippen LogP contribution in [0.25, 0.3) is 0 Å². The van der Waals surface area contributed by atoms with E-state index in [9.17, 15) is 4.79 Å². The average molecular weight is 230 g/mol. The van der Waals surface area contributed by atoms with Gasteiger partial charge in [0.1, 0.15) is 0 Å². The van der Waals surface area contributed by atoms with Crippen molar-refractivity contribution in [2.24, 2.45) is 0 Å². The van der Waals surface area contributed by atoms with Gasteiger partial charge in [0, 0.05) is 5.56 Å². The number of hydroxylamine groups is 1. The highest BCUT2D eigenvalue weighted by molar-refractivity contribution is 5.79. The van der Waals surface area contributed by atoms with Gasteiger partial charge in [0.25, 0.3) is 5.91 Å². The van der Waals surface area contributed by atoms with Crippen LogP contribution in [0, 0.1) is 0 Å². The first kappa shape index (κ1) is 11.0. The van der Waals surface area contributed by atoms with E-state index >= 15 is 0 Å². The molecule has 1 N–H and O–H groups in total. The van der Waals surface area contributed by atoms with Crippen molar-refractivity contribution in [1.82, 2.24) is 20.9 Å². The molecule has 0 fully saturated rings. The molecular weight excluding hydrogens is 220 g/mol. The number of amides is 1. The van der Waals surface area contributed by atoms with Gasteiger partial charge in [-0.1, -0.05) is 18.2 Å². The quantitative estimate of drug-likeness (QED) is 0.714. The molecule has 2 heterocycles. The monoisotopic (exact) mass is 230 g/mol. The van der Waals surface area contributed by atoms with E-state index < -0.39 is 0 Å². The van der Waals surface area contributed by atoms with Gasteiger partial charge < -0.3 is 4.84 Å². The lowest BCUT2D eigenvalue weighted by atomic mass is 10.1. The van der Waals surface area contributed by atoms with Gasteiger partial charge in [-0.15, -0.1) is 10.2 Å². The molecule has 0 saturated carbocycles. The first-order chi connectivity index (χ1) is 8.36. The maximum Gasteiger partial charge on any atom is 0.257 e. The van der Waals surface area contributed by atoms with Gasteiger partial charge in [-0.25, -0.2) is 0 Å². The first-order valence-electron chi connectivity index (χ1n) is 4.98. The van der Waals surface area contributed by atoms with Crippen molar-refractivity contribution in [3.63, 3.8) is 0 Å². The molecule has 17 heavy (non-hydrogen) atoms. The second-order valence-corrected chi connectivity index (χ2v) is 3.22. The second kappa shape index (κ2) is 5.55. The van der Waals surface area contributed by atoms with Crippen LogP contribution >= 0.6 is 0 Å². The van der Waals surface area contributed by atoms with Crippen LogP contribution in [-0.2, 0) is 11.2 Å². The van der Waals surface area contributed by atoms with Crippen molar-refractivity contribution in [2.45, 2.75) is 6.42 Å². The lowest BCUT2D eigenvalue weighted by Gasteiger charge is -2.15. The molecule has 1 aromatic heterocycles. The smallest absolute Gasteiger partial charge is 0.257 e. The molecule has 0 unspecified atom stereocenters. The van der Waals surface area contributed by atoms with E-state index in [0.29, 0.717) is 6.42 Å². The number of hydrogen-bond acceptors (Lipinski definition) is 5.